The van der Waals surface area contributed by atoms with Crippen LogP contribution in [0.25, 0.3) is 0 Å². The molecule has 0 bridgehead atoms. The molecule has 96 valence electrons. The Morgan fingerprint density at radius 2 is 2.18 bits per heavy atom. The Morgan fingerprint density at radius 3 is 2.76 bits per heavy atom. The van der Waals surface area contributed by atoms with Gasteiger partial charge in [0.05, 0.1) is 0 Å². The molecule has 17 heavy (non-hydrogen) atoms. The monoisotopic (exact) mass is 253 g/mol. The van der Waals surface area contributed by atoms with Gasteiger partial charge >= 0.3 is 0 Å². The van der Waals surface area contributed by atoms with Gasteiger partial charge in [-0.3, -0.25) is 0 Å². The molecule has 0 saturated carbocycles. The smallest absolute Gasteiger partial charge is 0.115 e. The van der Waals surface area contributed by atoms with Crippen LogP contribution in [0.1, 0.15) is 25.8 Å². The molecule has 0 heterocycles. The Hall–Kier alpha value is -0.670. The topological polar surface area (TPSA) is 32.3 Å². The molecule has 0 saturated heterocycles. The maximum atomic E-state index is 9.43. The van der Waals surface area contributed by atoms with E-state index < -0.39 is 0 Å². The van der Waals surface area contributed by atoms with Crippen molar-refractivity contribution in [2.45, 2.75) is 38.0 Å². The van der Waals surface area contributed by atoms with Crippen molar-refractivity contribution in [3.8, 4) is 5.75 Å². The quantitative estimate of drug-likeness (QED) is 0.783. The maximum Gasteiger partial charge on any atom is 0.115 e. The van der Waals surface area contributed by atoms with E-state index in [1.165, 1.54) is 12.0 Å². The van der Waals surface area contributed by atoms with E-state index in [1.54, 1.807) is 6.07 Å². The molecule has 0 aliphatic heterocycles. The van der Waals surface area contributed by atoms with Crippen molar-refractivity contribution in [2.75, 3.05) is 12.8 Å². The van der Waals surface area contributed by atoms with Gasteiger partial charge in [-0.05, 0) is 37.6 Å². The number of nitrogens with one attached hydrogen (secondary N) is 1. The minimum absolute atomic E-state index is 0.354. The summed E-state index contributed by atoms with van der Waals surface area (Å²) in [4.78, 5) is 0. The van der Waals surface area contributed by atoms with Crippen LogP contribution in [0, 0.1) is 0 Å². The van der Waals surface area contributed by atoms with Crippen LogP contribution in [0.4, 0.5) is 0 Å². The molecule has 1 aromatic carbocycles. The lowest BCUT2D eigenvalue weighted by molar-refractivity contribution is 0.474. The summed E-state index contributed by atoms with van der Waals surface area (Å²) in [5, 5.41) is 13.5. The highest BCUT2D eigenvalue weighted by Crippen LogP contribution is 2.18. The van der Waals surface area contributed by atoms with Gasteiger partial charge < -0.3 is 10.4 Å². The molecule has 0 aromatic heterocycles. The molecule has 2 unspecified atom stereocenters. The highest BCUT2D eigenvalue weighted by atomic mass is 32.2. The normalized spacial score (nSPS) is 14.5. The fourth-order valence-electron chi connectivity index (χ4n) is 1.61. The summed E-state index contributed by atoms with van der Waals surface area (Å²) in [6.07, 6.45) is 2.18. The zero-order chi connectivity index (χ0) is 12.7. The summed E-state index contributed by atoms with van der Waals surface area (Å²) in [6, 6.07) is 8.00. The van der Waals surface area contributed by atoms with E-state index in [4.69, 9.17) is 0 Å². The van der Waals surface area contributed by atoms with E-state index in [0.29, 0.717) is 11.8 Å². The van der Waals surface area contributed by atoms with E-state index in [-0.39, 0.29) is 0 Å². The summed E-state index contributed by atoms with van der Waals surface area (Å²) < 4.78 is 0. The number of thioether (sulfide) groups is 1. The molecule has 1 aromatic rings. The van der Waals surface area contributed by atoms with E-state index in [0.717, 1.165) is 17.4 Å². The first-order valence-electron chi connectivity index (χ1n) is 6.22. The molecule has 0 aliphatic carbocycles. The van der Waals surface area contributed by atoms with Crippen LogP contribution in [0.2, 0.25) is 0 Å². The average molecular weight is 253 g/mol. The second kappa shape index (κ2) is 7.62. The Kier molecular flexibility index (Phi) is 6.45. The predicted octanol–water partition coefficient (Wildman–Crippen LogP) is 3.05. The van der Waals surface area contributed by atoms with Gasteiger partial charge in [0.25, 0.3) is 0 Å². The van der Waals surface area contributed by atoms with E-state index in [1.807, 2.05) is 30.9 Å². The van der Waals surface area contributed by atoms with Crippen LogP contribution in [-0.2, 0) is 6.42 Å². The first-order chi connectivity index (χ1) is 8.15. The lowest BCUT2D eigenvalue weighted by atomic mass is 10.1. The zero-order valence-corrected chi connectivity index (χ0v) is 11.8. The first kappa shape index (κ1) is 14.4. The largest absolute Gasteiger partial charge is 0.508 e. The van der Waals surface area contributed by atoms with E-state index in [9.17, 15) is 5.11 Å². The highest BCUT2D eigenvalue weighted by Gasteiger charge is 2.09. The number of hydrogen-bond donors (Lipinski definition) is 2. The summed E-state index contributed by atoms with van der Waals surface area (Å²) in [6.45, 7) is 4.49. The third-order valence-electron chi connectivity index (χ3n) is 2.96. The Labute approximate surface area is 109 Å². The molecule has 0 fully saturated rings. The number of phenols is 1. The molecule has 0 amide bonds. The lowest BCUT2D eigenvalue weighted by Gasteiger charge is -2.18. The van der Waals surface area contributed by atoms with Crippen LogP contribution in [0.15, 0.2) is 24.3 Å². The number of phenolic OH excluding ortho intramolecular Hbond substituents is 1. The van der Waals surface area contributed by atoms with Crippen molar-refractivity contribution in [3.63, 3.8) is 0 Å². The Balaban J connectivity index is 2.46. The van der Waals surface area contributed by atoms with Crippen LogP contribution < -0.4 is 5.32 Å². The third kappa shape index (κ3) is 5.46. The number of aromatic hydroxyl groups is 1. The summed E-state index contributed by atoms with van der Waals surface area (Å²) >= 11 is 2.01. The van der Waals surface area contributed by atoms with Gasteiger partial charge in [-0.25, -0.2) is 0 Å². The van der Waals surface area contributed by atoms with Crippen LogP contribution in [-0.4, -0.2) is 29.2 Å². The fraction of sp³-hybridized carbons (Fsp3) is 0.571. The van der Waals surface area contributed by atoms with Gasteiger partial charge in [0.1, 0.15) is 5.75 Å². The standard InChI is InChI=1S/C14H23NOS/c1-4-11(2)17-10-13(15-3)8-12-6-5-7-14(16)9-12/h5-7,9,11,13,15-16H,4,8,10H2,1-3H3. The Bertz CT molecular complexity index is 330. The summed E-state index contributed by atoms with van der Waals surface area (Å²) in [7, 11) is 2.00. The Morgan fingerprint density at radius 1 is 1.41 bits per heavy atom. The lowest BCUT2D eigenvalue weighted by Crippen LogP contribution is -2.30. The molecule has 0 aliphatic rings. The number of rotatable bonds is 7. The number of likely N-dealkylation sites (N-methyl/N-ethyl adjacent to an activating group) is 1. The van der Waals surface area contributed by atoms with Gasteiger partial charge in [-0.15, -0.1) is 0 Å². The van der Waals surface area contributed by atoms with E-state index >= 15 is 0 Å². The van der Waals surface area contributed by atoms with Crippen molar-refractivity contribution >= 4 is 11.8 Å². The van der Waals surface area contributed by atoms with Crippen molar-refractivity contribution in [1.29, 1.82) is 0 Å². The van der Waals surface area contributed by atoms with Gasteiger partial charge in [-0.2, -0.15) is 11.8 Å². The van der Waals surface area contributed by atoms with Crippen molar-refractivity contribution < 1.29 is 5.11 Å². The molecule has 2 atom stereocenters. The third-order valence-corrected chi connectivity index (χ3v) is 4.45. The highest BCUT2D eigenvalue weighted by molar-refractivity contribution is 7.99. The number of hydrogen-bond acceptors (Lipinski definition) is 3. The molecule has 0 spiro atoms. The van der Waals surface area contributed by atoms with Crippen LogP contribution in [0.3, 0.4) is 0 Å². The fourth-order valence-corrected chi connectivity index (χ4v) is 2.69. The van der Waals surface area contributed by atoms with Gasteiger partial charge in [0, 0.05) is 17.0 Å². The average Bonchev–Trinajstić information content (AvgIpc) is 2.34. The molecule has 2 nitrogen and oxygen atoms in total. The predicted molar refractivity (Wildman–Crippen MR) is 76.9 cm³/mol. The minimum Gasteiger partial charge on any atom is -0.508 e. The van der Waals surface area contributed by atoms with Crippen molar-refractivity contribution in [1.82, 2.24) is 5.32 Å². The van der Waals surface area contributed by atoms with Crippen molar-refractivity contribution in [3.05, 3.63) is 29.8 Å². The van der Waals surface area contributed by atoms with Crippen LogP contribution in [0.5, 0.6) is 5.75 Å². The SMILES string of the molecule is CCC(C)SCC(Cc1cccc(O)c1)NC. The summed E-state index contributed by atoms with van der Waals surface area (Å²) in [5.74, 6) is 1.47. The molecular weight excluding hydrogens is 230 g/mol. The molecular formula is C14H23NOS. The van der Waals surface area contributed by atoms with Crippen molar-refractivity contribution in [2.24, 2.45) is 0 Å². The first-order valence-corrected chi connectivity index (χ1v) is 7.27. The second-order valence-electron chi connectivity index (χ2n) is 4.41. The molecule has 0 radical (unpaired) electrons. The summed E-state index contributed by atoms with van der Waals surface area (Å²) in [5.41, 5.74) is 1.19. The minimum atomic E-state index is 0.354. The van der Waals surface area contributed by atoms with Crippen LogP contribution >= 0.6 is 11.8 Å². The molecule has 1 rings (SSSR count). The molecule has 2 N–H and O–H groups in total. The molecule has 3 heteroatoms. The number of benzene rings is 1. The zero-order valence-electron chi connectivity index (χ0n) is 10.9. The second-order valence-corrected chi connectivity index (χ2v) is 5.88. The van der Waals surface area contributed by atoms with Gasteiger partial charge in [-0.1, -0.05) is 26.0 Å². The van der Waals surface area contributed by atoms with Gasteiger partial charge in [0.15, 0.2) is 0 Å². The maximum absolute atomic E-state index is 9.43. The van der Waals surface area contributed by atoms with E-state index in [2.05, 4.69) is 25.2 Å². The van der Waals surface area contributed by atoms with Gasteiger partial charge in [0.2, 0.25) is 0 Å².